The summed E-state index contributed by atoms with van der Waals surface area (Å²) >= 11 is 1.71. The summed E-state index contributed by atoms with van der Waals surface area (Å²) in [7, 11) is 0. The Bertz CT molecular complexity index is 339. The third-order valence-corrected chi connectivity index (χ3v) is 3.52. The number of carbonyl (C=O) groups is 1. The molecule has 2 heterocycles. The third-order valence-electron chi connectivity index (χ3n) is 2.82. The van der Waals surface area contributed by atoms with Gasteiger partial charge in [0.05, 0.1) is 0 Å². The molecule has 88 valence electrons. The summed E-state index contributed by atoms with van der Waals surface area (Å²) in [5.74, 6) is 0. The lowest BCUT2D eigenvalue weighted by Gasteiger charge is -2.17. The average molecular weight is 239 g/mol. The largest absolute Gasteiger partial charge is 0.336 e. The zero-order valence-corrected chi connectivity index (χ0v) is 10.2. The van der Waals surface area contributed by atoms with Crippen molar-refractivity contribution in [3.8, 4) is 0 Å². The molecule has 1 fully saturated rings. The summed E-state index contributed by atoms with van der Waals surface area (Å²) in [6, 6.07) is 2.55. The highest BCUT2D eigenvalue weighted by molar-refractivity contribution is 7.07. The molecule has 0 aliphatic carbocycles. The van der Waals surface area contributed by atoms with Crippen LogP contribution < -0.4 is 10.6 Å². The lowest BCUT2D eigenvalue weighted by atomic mass is 10.2. The number of thiophene rings is 1. The van der Waals surface area contributed by atoms with Crippen molar-refractivity contribution in [1.29, 1.82) is 0 Å². The number of hydrogen-bond acceptors (Lipinski definition) is 3. The molecule has 0 spiro atoms. The molecule has 2 rings (SSSR count). The minimum Gasteiger partial charge on any atom is -0.336 e. The number of urea groups is 1. The molecule has 1 aromatic rings. The van der Waals surface area contributed by atoms with Crippen LogP contribution in [0.3, 0.4) is 0 Å². The Morgan fingerprint density at radius 3 is 3.19 bits per heavy atom. The SMILES string of the molecule is CC(NCCN1CCNC1=O)c1ccsc1. The van der Waals surface area contributed by atoms with E-state index in [1.165, 1.54) is 5.56 Å². The first kappa shape index (κ1) is 11.4. The van der Waals surface area contributed by atoms with Crippen molar-refractivity contribution < 1.29 is 4.79 Å². The first-order valence-corrected chi connectivity index (χ1v) is 6.50. The summed E-state index contributed by atoms with van der Waals surface area (Å²) in [6.45, 7) is 5.36. The minimum atomic E-state index is 0.0602. The maximum absolute atomic E-state index is 11.3. The third kappa shape index (κ3) is 2.74. The Morgan fingerprint density at radius 2 is 2.56 bits per heavy atom. The van der Waals surface area contributed by atoms with E-state index in [4.69, 9.17) is 0 Å². The van der Waals surface area contributed by atoms with Crippen LogP contribution in [0.5, 0.6) is 0 Å². The molecule has 0 radical (unpaired) electrons. The van der Waals surface area contributed by atoms with Gasteiger partial charge >= 0.3 is 6.03 Å². The fourth-order valence-corrected chi connectivity index (χ4v) is 2.53. The molecule has 1 aliphatic rings. The van der Waals surface area contributed by atoms with Gasteiger partial charge in [0.15, 0.2) is 0 Å². The van der Waals surface area contributed by atoms with Gasteiger partial charge in [-0.2, -0.15) is 11.3 Å². The van der Waals surface area contributed by atoms with E-state index in [0.717, 1.165) is 26.2 Å². The van der Waals surface area contributed by atoms with Crippen LogP contribution in [0.25, 0.3) is 0 Å². The molecule has 0 aromatic carbocycles. The van der Waals surface area contributed by atoms with E-state index in [0.29, 0.717) is 6.04 Å². The lowest BCUT2D eigenvalue weighted by molar-refractivity contribution is 0.217. The summed E-state index contributed by atoms with van der Waals surface area (Å²) in [6.07, 6.45) is 0. The highest BCUT2D eigenvalue weighted by Crippen LogP contribution is 2.15. The van der Waals surface area contributed by atoms with Crippen LogP contribution in [-0.4, -0.2) is 37.1 Å². The Kier molecular flexibility index (Phi) is 3.79. The molecular weight excluding hydrogens is 222 g/mol. The van der Waals surface area contributed by atoms with Gasteiger partial charge in [-0.05, 0) is 29.3 Å². The fraction of sp³-hybridized carbons (Fsp3) is 0.545. The molecule has 16 heavy (non-hydrogen) atoms. The van der Waals surface area contributed by atoms with Crippen LogP contribution in [0, 0.1) is 0 Å². The van der Waals surface area contributed by atoms with Crippen LogP contribution in [0.15, 0.2) is 16.8 Å². The van der Waals surface area contributed by atoms with Gasteiger partial charge < -0.3 is 15.5 Å². The average Bonchev–Trinajstić information content (AvgIpc) is 2.90. The van der Waals surface area contributed by atoms with Crippen molar-refractivity contribution in [2.45, 2.75) is 13.0 Å². The van der Waals surface area contributed by atoms with Gasteiger partial charge in [-0.15, -0.1) is 0 Å². The standard InChI is InChI=1S/C11H17N3OS/c1-9(10-2-7-16-8-10)12-3-5-14-6-4-13-11(14)15/h2,7-9,12H,3-6H2,1H3,(H,13,15). The van der Waals surface area contributed by atoms with Crippen molar-refractivity contribution in [2.75, 3.05) is 26.2 Å². The Morgan fingerprint density at radius 1 is 1.69 bits per heavy atom. The molecule has 1 saturated heterocycles. The molecular formula is C11H17N3OS. The topological polar surface area (TPSA) is 44.4 Å². The first-order valence-electron chi connectivity index (χ1n) is 5.55. The molecule has 1 aromatic heterocycles. The molecule has 2 N–H and O–H groups in total. The summed E-state index contributed by atoms with van der Waals surface area (Å²) in [5, 5.41) is 10.5. The van der Waals surface area contributed by atoms with Crippen molar-refractivity contribution in [3.05, 3.63) is 22.4 Å². The zero-order valence-electron chi connectivity index (χ0n) is 9.40. The summed E-state index contributed by atoms with van der Waals surface area (Å²) in [5.41, 5.74) is 1.32. The molecule has 1 aliphatic heterocycles. The molecule has 1 unspecified atom stereocenters. The second-order valence-corrected chi connectivity index (χ2v) is 4.73. The molecule has 1 atom stereocenters. The van der Waals surface area contributed by atoms with E-state index < -0.39 is 0 Å². The van der Waals surface area contributed by atoms with Crippen LogP contribution in [0.4, 0.5) is 4.79 Å². The highest BCUT2D eigenvalue weighted by Gasteiger charge is 2.18. The summed E-state index contributed by atoms with van der Waals surface area (Å²) in [4.78, 5) is 13.1. The predicted molar refractivity (Wildman–Crippen MR) is 65.7 cm³/mol. The molecule has 2 amide bonds. The van der Waals surface area contributed by atoms with Gasteiger partial charge in [0, 0.05) is 32.2 Å². The first-order chi connectivity index (χ1) is 7.77. The van der Waals surface area contributed by atoms with Crippen molar-refractivity contribution in [1.82, 2.24) is 15.5 Å². The second-order valence-electron chi connectivity index (χ2n) is 3.95. The van der Waals surface area contributed by atoms with Gasteiger partial charge in [0.25, 0.3) is 0 Å². The lowest BCUT2D eigenvalue weighted by Crippen LogP contribution is -2.35. The van der Waals surface area contributed by atoms with Crippen LogP contribution in [0.2, 0.25) is 0 Å². The van der Waals surface area contributed by atoms with Crippen LogP contribution in [0.1, 0.15) is 18.5 Å². The number of amides is 2. The van der Waals surface area contributed by atoms with Crippen molar-refractivity contribution in [3.63, 3.8) is 0 Å². The Hall–Kier alpha value is -1.07. The van der Waals surface area contributed by atoms with Gasteiger partial charge in [-0.25, -0.2) is 4.79 Å². The monoisotopic (exact) mass is 239 g/mol. The van der Waals surface area contributed by atoms with Gasteiger partial charge in [-0.1, -0.05) is 0 Å². The van der Waals surface area contributed by atoms with E-state index in [-0.39, 0.29) is 6.03 Å². The second kappa shape index (κ2) is 5.32. The van der Waals surface area contributed by atoms with Gasteiger partial charge in [0.2, 0.25) is 0 Å². The number of nitrogens with zero attached hydrogens (tertiary/aromatic N) is 1. The Balaban J connectivity index is 1.70. The number of hydrogen-bond donors (Lipinski definition) is 2. The summed E-state index contributed by atoms with van der Waals surface area (Å²) < 4.78 is 0. The van der Waals surface area contributed by atoms with Crippen molar-refractivity contribution >= 4 is 17.4 Å². The normalized spacial score (nSPS) is 17.6. The highest BCUT2D eigenvalue weighted by atomic mass is 32.1. The predicted octanol–water partition coefficient (Wildman–Crippen LogP) is 1.42. The maximum Gasteiger partial charge on any atom is 0.317 e. The van der Waals surface area contributed by atoms with E-state index >= 15 is 0 Å². The van der Waals surface area contributed by atoms with Gasteiger partial charge in [-0.3, -0.25) is 0 Å². The minimum absolute atomic E-state index is 0.0602. The van der Waals surface area contributed by atoms with E-state index in [2.05, 4.69) is 34.4 Å². The zero-order chi connectivity index (χ0) is 11.4. The number of rotatable bonds is 5. The van der Waals surface area contributed by atoms with E-state index in [1.807, 2.05) is 4.90 Å². The molecule has 0 bridgehead atoms. The van der Waals surface area contributed by atoms with E-state index in [9.17, 15) is 4.79 Å². The smallest absolute Gasteiger partial charge is 0.317 e. The molecule has 0 saturated carbocycles. The van der Waals surface area contributed by atoms with Gasteiger partial charge in [0.1, 0.15) is 0 Å². The molecule has 4 nitrogen and oxygen atoms in total. The molecule has 5 heteroatoms. The Labute approximate surface area is 99.6 Å². The quantitative estimate of drug-likeness (QED) is 0.816. The van der Waals surface area contributed by atoms with E-state index in [1.54, 1.807) is 11.3 Å². The number of nitrogens with one attached hydrogen (secondary N) is 2. The van der Waals surface area contributed by atoms with Crippen LogP contribution >= 0.6 is 11.3 Å². The number of carbonyl (C=O) groups excluding carboxylic acids is 1. The van der Waals surface area contributed by atoms with Crippen LogP contribution in [-0.2, 0) is 0 Å². The fourth-order valence-electron chi connectivity index (χ4n) is 1.78. The van der Waals surface area contributed by atoms with Crippen molar-refractivity contribution in [2.24, 2.45) is 0 Å². The maximum atomic E-state index is 11.3.